The second-order valence-corrected chi connectivity index (χ2v) is 2.45. The molecule has 0 rings (SSSR count). The number of carbonyl (C=O) groups is 2. The molecule has 0 unspecified atom stereocenters. The van der Waals surface area contributed by atoms with Crippen molar-refractivity contribution in [3.05, 3.63) is 13.2 Å². The topological polar surface area (TPSA) is 34.1 Å². The van der Waals surface area contributed by atoms with Crippen LogP contribution in [0.4, 0.5) is 0 Å². The quantitative estimate of drug-likeness (QED) is 0.695. The summed E-state index contributed by atoms with van der Waals surface area (Å²) in [5.74, 6) is 0.648. The Morgan fingerprint density at radius 1 is 1.36 bits per heavy atom. The van der Waals surface area contributed by atoms with Crippen LogP contribution in [-0.2, 0) is 42.3 Å². The number of thioether (sulfide) groups is 1. The summed E-state index contributed by atoms with van der Waals surface area (Å²) in [6, 6.07) is 0. The van der Waals surface area contributed by atoms with Crippen LogP contribution in [0.15, 0.2) is 0 Å². The average molecular weight is 249 g/mol. The second kappa shape index (κ2) is 13.3. The Hall–Kier alpha value is 0.664. The van der Waals surface area contributed by atoms with Gasteiger partial charge < -0.3 is 23.5 Å². The molecular weight excluding hydrogens is 237 g/mol. The molecule has 0 atom stereocenters. The van der Waals surface area contributed by atoms with Gasteiger partial charge in [0.05, 0.1) is 0 Å². The van der Waals surface area contributed by atoms with E-state index in [2.05, 4.69) is 13.2 Å². The first-order valence-electron chi connectivity index (χ1n) is 2.69. The Kier molecular flexibility index (Phi) is 21.3. The minimum atomic E-state index is -0.0833. The van der Waals surface area contributed by atoms with Gasteiger partial charge >= 0.3 is 0 Å². The van der Waals surface area contributed by atoms with Crippen LogP contribution in [0.2, 0.25) is 0 Å². The number of rotatable bonds is 2. The van der Waals surface area contributed by atoms with Gasteiger partial charge in [-0.3, -0.25) is 11.1 Å². The molecule has 1 radical (unpaired) electrons. The van der Waals surface area contributed by atoms with Crippen molar-refractivity contribution in [3.8, 4) is 0 Å². The molecule has 0 aliphatic rings. The summed E-state index contributed by atoms with van der Waals surface area (Å²) < 4.78 is 0. The Morgan fingerprint density at radius 2 is 1.64 bits per heavy atom. The molecule has 0 aliphatic carbocycles. The van der Waals surface area contributed by atoms with Gasteiger partial charge in [0.2, 0.25) is 0 Å². The molecule has 0 saturated carbocycles. The van der Waals surface area contributed by atoms with Gasteiger partial charge in [-0.25, -0.2) is 0 Å². The zero-order chi connectivity index (χ0) is 8.57. The van der Waals surface area contributed by atoms with Crippen molar-refractivity contribution in [2.24, 2.45) is 0 Å². The number of Topliss-reactive ketones (excluding diaryl/α,β-unsaturated/α-hetero) is 2. The molecule has 0 aliphatic heterocycles. The van der Waals surface area contributed by atoms with Gasteiger partial charge in [-0.1, -0.05) is 0 Å². The van der Waals surface area contributed by atoms with E-state index in [0.29, 0.717) is 5.75 Å². The fourth-order valence-electron chi connectivity index (χ4n) is 0.144. The van der Waals surface area contributed by atoms with E-state index in [1.807, 2.05) is 0 Å². The van der Waals surface area contributed by atoms with Crippen LogP contribution in [0.1, 0.15) is 13.8 Å². The normalized spacial score (nSPS) is 6.82. The molecule has 0 bridgehead atoms. The second-order valence-electron chi connectivity index (χ2n) is 1.75. The van der Waals surface area contributed by atoms with Crippen molar-refractivity contribution >= 4 is 23.3 Å². The maximum absolute atomic E-state index is 9.98. The fraction of sp³-hybridized carbons (Fsp3) is 0.429. The third-order valence-electron chi connectivity index (χ3n) is 0.305. The van der Waals surface area contributed by atoms with Gasteiger partial charge in [-0.2, -0.15) is 0 Å². The molecule has 0 fully saturated rings. The van der Waals surface area contributed by atoms with Crippen molar-refractivity contribution in [3.63, 3.8) is 0 Å². The summed E-state index contributed by atoms with van der Waals surface area (Å²) in [7, 11) is 0. The summed E-state index contributed by atoms with van der Waals surface area (Å²) >= 11 is 1.31. The third kappa shape index (κ3) is 59.6. The number of carbonyl (C=O) groups excluding carboxylic acids is 2. The van der Waals surface area contributed by atoms with Gasteiger partial charge in [-0.05, 0) is 19.6 Å². The van der Waals surface area contributed by atoms with Crippen LogP contribution < -0.4 is 0 Å². The van der Waals surface area contributed by atoms with E-state index >= 15 is 0 Å². The summed E-state index contributed by atoms with van der Waals surface area (Å²) in [6.45, 7) is 5.97. The van der Waals surface area contributed by atoms with Crippen molar-refractivity contribution in [1.29, 1.82) is 0 Å². The van der Waals surface area contributed by atoms with Crippen molar-refractivity contribution in [2.75, 3.05) is 5.75 Å². The molecular formula is C7H12O2SY-2. The molecule has 2 nitrogen and oxygen atoms in total. The van der Waals surface area contributed by atoms with E-state index in [9.17, 15) is 9.59 Å². The summed E-state index contributed by atoms with van der Waals surface area (Å²) in [6.07, 6.45) is 3.42. The zero-order valence-electron chi connectivity index (χ0n) is 6.92. The van der Waals surface area contributed by atoms with E-state index in [1.165, 1.54) is 18.7 Å². The zero-order valence-corrected chi connectivity index (χ0v) is 10.6. The maximum atomic E-state index is 9.98. The van der Waals surface area contributed by atoms with E-state index in [0.717, 1.165) is 0 Å². The molecule has 4 heteroatoms. The first kappa shape index (κ1) is 17.7. The molecule has 0 N–H and O–H groups in total. The standard InChI is InChI=1S/C4H7OS.C3H5O.Y/c1-4(5)3-6-2;1-3(2)4;/h2-3H2,1H3;1H2,2H3;/q2*-1;. The van der Waals surface area contributed by atoms with Gasteiger partial charge in [0, 0.05) is 38.5 Å². The molecule has 0 aromatic rings. The Labute approximate surface area is 97.8 Å². The Bertz CT molecular complexity index is 111. The molecule has 11 heavy (non-hydrogen) atoms. The van der Waals surface area contributed by atoms with Crippen LogP contribution in [0.25, 0.3) is 0 Å². The first-order chi connectivity index (χ1) is 4.50. The predicted molar refractivity (Wildman–Crippen MR) is 44.5 cm³/mol. The molecule has 0 saturated heterocycles. The molecule has 0 amide bonds. The van der Waals surface area contributed by atoms with Crippen LogP contribution in [0.3, 0.4) is 0 Å². The first-order valence-corrected chi connectivity index (χ1v) is 3.85. The average Bonchev–Trinajstić information content (AvgIpc) is 1.62. The largest absolute Gasteiger partial charge is 0.347 e. The minimum Gasteiger partial charge on any atom is -0.347 e. The van der Waals surface area contributed by atoms with E-state index in [1.54, 1.807) is 6.92 Å². The molecule has 0 spiro atoms. The summed E-state index contributed by atoms with van der Waals surface area (Å²) in [4.78, 5) is 19.3. The summed E-state index contributed by atoms with van der Waals surface area (Å²) in [5.41, 5.74) is 0. The molecule has 0 aromatic carbocycles. The van der Waals surface area contributed by atoms with Crippen molar-refractivity contribution in [1.82, 2.24) is 0 Å². The number of ketones is 2. The van der Waals surface area contributed by atoms with E-state index in [4.69, 9.17) is 0 Å². The van der Waals surface area contributed by atoms with Crippen molar-refractivity contribution in [2.45, 2.75) is 13.8 Å². The minimum absolute atomic E-state index is 0. The maximum Gasteiger partial charge on any atom is 0.137 e. The third-order valence-corrected chi connectivity index (χ3v) is 0.916. The Balaban J connectivity index is -0.000000114. The van der Waals surface area contributed by atoms with Crippen LogP contribution in [-0.4, -0.2) is 17.3 Å². The smallest absolute Gasteiger partial charge is 0.137 e. The number of hydrogen-bond acceptors (Lipinski definition) is 3. The number of hydrogen-bond donors (Lipinski definition) is 0. The van der Waals surface area contributed by atoms with Gasteiger partial charge in [0.25, 0.3) is 0 Å². The fourth-order valence-corrected chi connectivity index (χ4v) is 0.431. The van der Waals surface area contributed by atoms with Gasteiger partial charge in [-0.15, -0.1) is 0 Å². The van der Waals surface area contributed by atoms with E-state index < -0.39 is 0 Å². The summed E-state index contributed by atoms with van der Waals surface area (Å²) in [5, 5.41) is 0. The predicted octanol–water partition coefficient (Wildman–Crippen LogP) is 1.51. The van der Waals surface area contributed by atoms with Gasteiger partial charge in [0.15, 0.2) is 0 Å². The SMILES string of the molecule is [CH2-]C(C)=O.[CH2-]SCC(C)=O.[Y]. The van der Waals surface area contributed by atoms with Crippen LogP contribution >= 0.6 is 11.8 Å². The molecule has 0 heterocycles. The molecule has 63 valence electrons. The monoisotopic (exact) mass is 249 g/mol. The molecule has 0 aromatic heterocycles. The van der Waals surface area contributed by atoms with Gasteiger partial charge in [0.1, 0.15) is 5.78 Å². The Morgan fingerprint density at radius 3 is 1.64 bits per heavy atom. The van der Waals surface area contributed by atoms with Crippen LogP contribution in [0, 0.1) is 13.2 Å². The van der Waals surface area contributed by atoms with E-state index in [-0.39, 0.29) is 44.3 Å². The van der Waals surface area contributed by atoms with Crippen molar-refractivity contribution < 1.29 is 42.3 Å². The van der Waals surface area contributed by atoms with Crippen LogP contribution in [0.5, 0.6) is 0 Å².